The zero-order valence-corrected chi connectivity index (χ0v) is 16.3. The SMILES string of the molecule is C/C=C(\C)C(=O)Oc1cc2c(s1)CCN(C(C=O)c1ccccc1Cl)C2. The van der Waals surface area contributed by atoms with Gasteiger partial charge in [-0.2, -0.15) is 0 Å². The lowest BCUT2D eigenvalue weighted by Crippen LogP contribution is -2.34. The van der Waals surface area contributed by atoms with E-state index in [9.17, 15) is 9.59 Å². The molecule has 3 rings (SSSR count). The first-order chi connectivity index (χ1) is 12.5. The van der Waals surface area contributed by atoms with Crippen LogP contribution in [0.15, 0.2) is 42.0 Å². The average Bonchev–Trinajstić information content (AvgIpc) is 3.04. The molecule has 0 fully saturated rings. The van der Waals surface area contributed by atoms with Gasteiger partial charge in [-0.1, -0.05) is 35.9 Å². The maximum Gasteiger partial charge on any atom is 0.339 e. The maximum absolute atomic E-state index is 11.9. The summed E-state index contributed by atoms with van der Waals surface area (Å²) >= 11 is 7.78. The zero-order chi connectivity index (χ0) is 18.7. The fraction of sp³-hybridized carbons (Fsp3) is 0.300. The summed E-state index contributed by atoms with van der Waals surface area (Å²) in [6.45, 7) is 4.92. The molecule has 0 saturated heterocycles. The Morgan fingerprint density at radius 2 is 2.15 bits per heavy atom. The van der Waals surface area contributed by atoms with Crippen LogP contribution in [0.5, 0.6) is 5.06 Å². The summed E-state index contributed by atoms with van der Waals surface area (Å²) < 4.78 is 5.45. The van der Waals surface area contributed by atoms with Gasteiger partial charge in [0.25, 0.3) is 0 Å². The third-order valence-electron chi connectivity index (χ3n) is 4.57. The highest BCUT2D eigenvalue weighted by molar-refractivity contribution is 7.14. The highest BCUT2D eigenvalue weighted by Gasteiger charge is 2.27. The molecule has 1 aliphatic rings. The van der Waals surface area contributed by atoms with Crippen LogP contribution in [0.4, 0.5) is 0 Å². The van der Waals surface area contributed by atoms with E-state index in [1.165, 1.54) is 16.2 Å². The fourth-order valence-electron chi connectivity index (χ4n) is 2.98. The number of carbonyl (C=O) groups excluding carboxylic acids is 2. The molecule has 1 aromatic heterocycles. The Labute approximate surface area is 162 Å². The molecule has 0 N–H and O–H groups in total. The molecule has 0 saturated carbocycles. The second-order valence-electron chi connectivity index (χ2n) is 6.20. The van der Waals surface area contributed by atoms with E-state index in [0.717, 1.165) is 30.4 Å². The molecule has 0 bridgehead atoms. The van der Waals surface area contributed by atoms with Gasteiger partial charge < -0.3 is 9.53 Å². The quantitative estimate of drug-likeness (QED) is 0.427. The molecule has 2 heterocycles. The number of hydrogen-bond donors (Lipinski definition) is 0. The van der Waals surface area contributed by atoms with Gasteiger partial charge in [-0.05, 0) is 43.5 Å². The summed E-state index contributed by atoms with van der Waals surface area (Å²) in [6.07, 6.45) is 3.49. The van der Waals surface area contributed by atoms with Gasteiger partial charge in [0.15, 0.2) is 5.06 Å². The number of carbonyl (C=O) groups is 2. The highest BCUT2D eigenvalue weighted by Crippen LogP contribution is 2.36. The summed E-state index contributed by atoms with van der Waals surface area (Å²) in [4.78, 5) is 27.0. The van der Waals surface area contributed by atoms with Gasteiger partial charge in [0, 0.05) is 28.6 Å². The Morgan fingerprint density at radius 1 is 1.38 bits per heavy atom. The third kappa shape index (κ3) is 3.90. The first-order valence-electron chi connectivity index (χ1n) is 8.44. The number of ether oxygens (including phenoxy) is 1. The van der Waals surface area contributed by atoms with Gasteiger partial charge in [0.05, 0.1) is 6.04 Å². The number of thiophene rings is 1. The number of rotatable bonds is 5. The lowest BCUT2D eigenvalue weighted by molar-refractivity contribution is -0.129. The van der Waals surface area contributed by atoms with Crippen LogP contribution in [0.2, 0.25) is 5.02 Å². The number of benzene rings is 1. The first kappa shape index (κ1) is 18.8. The molecular formula is C20H20ClNO3S. The third-order valence-corrected chi connectivity index (χ3v) is 6.03. The number of aldehydes is 1. The molecule has 0 radical (unpaired) electrons. The summed E-state index contributed by atoms with van der Waals surface area (Å²) in [5.74, 6) is -0.329. The average molecular weight is 390 g/mol. The normalized spacial score (nSPS) is 16.0. The minimum Gasteiger partial charge on any atom is -0.412 e. The molecule has 4 nitrogen and oxygen atoms in total. The van der Waals surface area contributed by atoms with E-state index in [4.69, 9.17) is 16.3 Å². The molecule has 1 atom stereocenters. The van der Waals surface area contributed by atoms with Crippen molar-refractivity contribution in [3.05, 3.63) is 63.0 Å². The Morgan fingerprint density at radius 3 is 2.85 bits per heavy atom. The van der Waals surface area contributed by atoms with E-state index < -0.39 is 0 Å². The van der Waals surface area contributed by atoms with E-state index in [-0.39, 0.29) is 12.0 Å². The van der Waals surface area contributed by atoms with Crippen LogP contribution in [-0.4, -0.2) is 23.7 Å². The molecule has 0 aliphatic carbocycles. The van der Waals surface area contributed by atoms with Gasteiger partial charge in [-0.15, -0.1) is 11.3 Å². The van der Waals surface area contributed by atoms with Gasteiger partial charge in [0.2, 0.25) is 0 Å². The number of halogens is 1. The van der Waals surface area contributed by atoms with Crippen LogP contribution >= 0.6 is 22.9 Å². The molecule has 6 heteroatoms. The molecule has 136 valence electrons. The van der Waals surface area contributed by atoms with Crippen molar-refractivity contribution in [2.24, 2.45) is 0 Å². The van der Waals surface area contributed by atoms with E-state index in [1.54, 1.807) is 19.1 Å². The number of fused-ring (bicyclic) bond motifs is 1. The van der Waals surface area contributed by atoms with E-state index in [0.29, 0.717) is 22.2 Å². The number of allylic oxidation sites excluding steroid dienone is 1. The summed E-state index contributed by atoms with van der Waals surface area (Å²) in [5.41, 5.74) is 2.50. The van der Waals surface area contributed by atoms with Crippen molar-refractivity contribution in [2.75, 3.05) is 6.54 Å². The lowest BCUT2D eigenvalue weighted by Gasteiger charge is -2.31. The molecule has 26 heavy (non-hydrogen) atoms. The van der Waals surface area contributed by atoms with Gasteiger partial charge >= 0.3 is 5.97 Å². The Balaban J connectivity index is 1.78. The maximum atomic E-state index is 11.9. The summed E-state index contributed by atoms with van der Waals surface area (Å²) in [6, 6.07) is 8.95. The fourth-order valence-corrected chi connectivity index (χ4v) is 4.23. The number of hydrogen-bond acceptors (Lipinski definition) is 5. The smallest absolute Gasteiger partial charge is 0.339 e. The van der Waals surface area contributed by atoms with E-state index >= 15 is 0 Å². The molecule has 0 amide bonds. The predicted octanol–water partition coefficient (Wildman–Crippen LogP) is 4.57. The highest BCUT2D eigenvalue weighted by atomic mass is 35.5. The largest absolute Gasteiger partial charge is 0.412 e. The van der Waals surface area contributed by atoms with Crippen molar-refractivity contribution in [1.29, 1.82) is 0 Å². The van der Waals surface area contributed by atoms with Crippen molar-refractivity contribution in [3.8, 4) is 5.06 Å². The second kappa shape index (κ2) is 8.16. The minimum absolute atomic E-state index is 0.329. The van der Waals surface area contributed by atoms with Crippen molar-refractivity contribution < 1.29 is 14.3 Å². The van der Waals surface area contributed by atoms with Gasteiger partial charge in [-0.3, -0.25) is 4.90 Å². The van der Waals surface area contributed by atoms with Crippen molar-refractivity contribution in [1.82, 2.24) is 4.90 Å². The molecule has 1 unspecified atom stereocenters. The van der Waals surface area contributed by atoms with Crippen LogP contribution in [0, 0.1) is 0 Å². The molecule has 1 aliphatic heterocycles. The predicted molar refractivity (Wildman–Crippen MR) is 104 cm³/mol. The van der Waals surface area contributed by atoms with Crippen molar-refractivity contribution in [3.63, 3.8) is 0 Å². The Hall–Kier alpha value is -1.95. The van der Waals surface area contributed by atoms with Gasteiger partial charge in [0.1, 0.15) is 6.29 Å². The topological polar surface area (TPSA) is 46.6 Å². The van der Waals surface area contributed by atoms with Crippen LogP contribution in [0.1, 0.15) is 35.9 Å². The van der Waals surface area contributed by atoms with E-state index in [1.807, 2.05) is 31.2 Å². The monoisotopic (exact) mass is 389 g/mol. The van der Waals surface area contributed by atoms with Crippen molar-refractivity contribution in [2.45, 2.75) is 32.9 Å². The van der Waals surface area contributed by atoms with Crippen molar-refractivity contribution >= 4 is 35.2 Å². The number of esters is 1. The standard InChI is InChI=1S/C20H20ClNO3S/c1-3-13(2)20(24)25-19-10-14-11-22(9-8-18(14)26-19)17(12-23)15-6-4-5-7-16(15)21/h3-7,10,12,17H,8-9,11H2,1-2H3/b13-3+. The summed E-state index contributed by atoms with van der Waals surface area (Å²) in [7, 11) is 0. The summed E-state index contributed by atoms with van der Waals surface area (Å²) in [5, 5.41) is 1.20. The minimum atomic E-state index is -0.381. The van der Waals surface area contributed by atoms with Crippen LogP contribution in [0.25, 0.3) is 0 Å². The zero-order valence-electron chi connectivity index (χ0n) is 14.7. The molecule has 0 spiro atoms. The molecular weight excluding hydrogens is 370 g/mol. The second-order valence-corrected chi connectivity index (χ2v) is 7.70. The van der Waals surface area contributed by atoms with Crippen LogP contribution in [0.3, 0.4) is 0 Å². The molecule has 2 aromatic rings. The lowest BCUT2D eigenvalue weighted by atomic mass is 10.0. The van der Waals surface area contributed by atoms with Crippen LogP contribution in [-0.2, 0) is 22.6 Å². The van der Waals surface area contributed by atoms with Crippen LogP contribution < -0.4 is 4.74 Å². The Kier molecular flexibility index (Phi) is 5.91. The van der Waals surface area contributed by atoms with Gasteiger partial charge in [-0.25, -0.2) is 4.79 Å². The van der Waals surface area contributed by atoms with E-state index in [2.05, 4.69) is 4.90 Å². The number of nitrogens with zero attached hydrogens (tertiary/aromatic N) is 1. The first-order valence-corrected chi connectivity index (χ1v) is 9.63. The molecule has 1 aromatic carbocycles. The Bertz CT molecular complexity index is 858.